The van der Waals surface area contributed by atoms with Crippen molar-refractivity contribution < 1.29 is 84.1 Å². The molecule has 0 aromatic rings. The van der Waals surface area contributed by atoms with Gasteiger partial charge in [0.25, 0.3) is 0 Å². The Morgan fingerprint density at radius 3 is 2.18 bits per heavy atom. The molecule has 1 aliphatic rings. The van der Waals surface area contributed by atoms with Crippen LogP contribution in [0.15, 0.2) is 0 Å². The zero-order valence-electron chi connectivity index (χ0n) is 11.2. The summed E-state index contributed by atoms with van der Waals surface area (Å²) >= 11 is 0. The van der Waals surface area contributed by atoms with Gasteiger partial charge in [-0.3, -0.25) is 11.0 Å². The van der Waals surface area contributed by atoms with Crippen LogP contribution in [0.4, 0.5) is 0 Å². The summed E-state index contributed by atoms with van der Waals surface area (Å²) < 4.78 is 50.6. The summed E-state index contributed by atoms with van der Waals surface area (Å²) in [4.78, 5) is 25.8. The van der Waals surface area contributed by atoms with Gasteiger partial charge >= 0.3 is 23.2 Å². The van der Waals surface area contributed by atoms with E-state index in [0.717, 1.165) is 6.66 Å². The molecule has 1 aliphatic heterocycles. The van der Waals surface area contributed by atoms with E-state index in [-0.39, 0.29) is 32.7 Å². The summed E-state index contributed by atoms with van der Waals surface area (Å²) in [7, 11) is -9.53. The van der Waals surface area contributed by atoms with Crippen LogP contribution in [-0.4, -0.2) is 59.1 Å². The van der Waals surface area contributed by atoms with Crippen LogP contribution in [0.1, 0.15) is 0 Å². The molecule has 0 spiro atoms. The van der Waals surface area contributed by atoms with Gasteiger partial charge in [0.15, 0.2) is 0 Å². The van der Waals surface area contributed by atoms with Crippen LogP contribution in [-0.2, 0) is 64.3 Å². The van der Waals surface area contributed by atoms with E-state index in [1.807, 2.05) is 0 Å². The average Bonchev–Trinajstić information content (AvgIpc) is 2.48. The first-order valence-electron chi connectivity index (χ1n) is 5.27. The molecule has 0 aromatic carbocycles. The molecule has 5 unspecified atom stereocenters. The maximum atomic E-state index is 11.8. The first kappa shape index (κ1) is 23.5. The van der Waals surface area contributed by atoms with Crippen LogP contribution in [0, 0.1) is 6.42 Å². The SMILES string of the molecule is [B]C1[CH-]C(O)C(COP(C)(=O)OP(=O)(O)OP(=O)(O)O)O1.[Y]. The monoisotopic (exact) mass is 454 g/mol. The number of phosphoric acid groups is 2. The van der Waals surface area contributed by atoms with Crippen molar-refractivity contribution in [1.82, 2.24) is 0 Å². The molecule has 0 bridgehead atoms. The number of ether oxygens (including phenoxy) is 1. The Hall–Kier alpha value is 1.54. The summed E-state index contributed by atoms with van der Waals surface area (Å²) in [5, 5.41) is 9.44. The first-order valence-corrected chi connectivity index (χ1v) is 10.3. The summed E-state index contributed by atoms with van der Waals surface area (Å²) in [5.74, 6) is 0. The Bertz CT molecular complexity index is 510. The summed E-state index contributed by atoms with van der Waals surface area (Å²) in [6, 6.07) is -0.854. The number of hydrogen-bond donors (Lipinski definition) is 4. The molecule has 125 valence electrons. The third-order valence-electron chi connectivity index (χ3n) is 2.03. The molecule has 0 aromatic heterocycles. The minimum Gasteiger partial charge on any atom is -0.422 e. The van der Waals surface area contributed by atoms with Crippen molar-refractivity contribution in [2.75, 3.05) is 13.3 Å². The summed E-state index contributed by atoms with van der Waals surface area (Å²) in [6.45, 7) is 0.263. The van der Waals surface area contributed by atoms with Crippen molar-refractivity contribution in [3.63, 3.8) is 0 Å². The van der Waals surface area contributed by atoms with Crippen molar-refractivity contribution in [1.29, 1.82) is 0 Å². The minimum atomic E-state index is -5.33. The van der Waals surface area contributed by atoms with Gasteiger partial charge in [-0.05, 0) is 6.10 Å². The second kappa shape index (κ2) is 8.77. The van der Waals surface area contributed by atoms with Gasteiger partial charge in [-0.25, -0.2) is 13.4 Å². The zero-order chi connectivity index (χ0) is 16.5. The molecule has 1 fully saturated rings. The fourth-order valence-electron chi connectivity index (χ4n) is 1.35. The molecule has 4 N–H and O–H groups in total. The van der Waals surface area contributed by atoms with Crippen molar-refractivity contribution in [3.05, 3.63) is 6.42 Å². The van der Waals surface area contributed by atoms with Crippen LogP contribution in [0.5, 0.6) is 0 Å². The van der Waals surface area contributed by atoms with Gasteiger partial charge in [-0.15, -0.1) is 0 Å². The Morgan fingerprint density at radius 1 is 1.23 bits per heavy atom. The predicted molar refractivity (Wildman–Crippen MR) is 68.2 cm³/mol. The van der Waals surface area contributed by atoms with Crippen LogP contribution >= 0.6 is 23.2 Å². The molecule has 1 saturated heterocycles. The van der Waals surface area contributed by atoms with E-state index in [1.165, 1.54) is 6.42 Å². The third kappa shape index (κ3) is 9.13. The van der Waals surface area contributed by atoms with E-state index in [4.69, 9.17) is 31.8 Å². The van der Waals surface area contributed by atoms with Crippen LogP contribution < -0.4 is 0 Å². The normalized spacial score (nSPS) is 31.0. The Morgan fingerprint density at radius 2 is 1.77 bits per heavy atom. The van der Waals surface area contributed by atoms with Gasteiger partial charge in [0, 0.05) is 39.4 Å². The molecule has 22 heavy (non-hydrogen) atoms. The molecule has 1 heterocycles. The van der Waals surface area contributed by atoms with E-state index in [0.29, 0.717) is 0 Å². The van der Waals surface area contributed by atoms with E-state index in [1.54, 1.807) is 0 Å². The standard InChI is InChI=1S/C6H13BO11P3.Y/c1-19(9,17-21(13,14)18-20(10,11)12)15-3-5-4(8)2-6(7)16-5;/h2,4-6,8H,3H2,1H3,(H,13,14)(H2,10,11,12);/q-1;. The van der Waals surface area contributed by atoms with Crippen LogP contribution in [0.3, 0.4) is 0 Å². The van der Waals surface area contributed by atoms with Gasteiger partial charge < -0.3 is 29.0 Å². The Labute approximate surface area is 152 Å². The van der Waals surface area contributed by atoms with Crippen molar-refractivity contribution >= 4 is 31.1 Å². The smallest absolute Gasteiger partial charge is 0.422 e. The zero-order valence-corrected chi connectivity index (χ0v) is 16.7. The molecule has 5 atom stereocenters. The fraction of sp³-hybridized carbons (Fsp3) is 0.833. The number of rotatable bonds is 7. The second-order valence-electron chi connectivity index (χ2n) is 4.01. The molecule has 1 rings (SSSR count). The van der Waals surface area contributed by atoms with Crippen molar-refractivity contribution in [2.24, 2.45) is 0 Å². The van der Waals surface area contributed by atoms with E-state index in [9.17, 15) is 18.8 Å². The van der Waals surface area contributed by atoms with E-state index >= 15 is 0 Å². The van der Waals surface area contributed by atoms with Gasteiger partial charge in [-0.1, -0.05) is 6.00 Å². The predicted octanol–water partition coefficient (Wildman–Crippen LogP) is -0.492. The van der Waals surface area contributed by atoms with Crippen LogP contribution in [0.2, 0.25) is 0 Å². The van der Waals surface area contributed by atoms with Crippen LogP contribution in [0.25, 0.3) is 0 Å². The average molecular weight is 454 g/mol. The topological polar surface area (TPSA) is 169 Å². The minimum absolute atomic E-state index is 0. The molecule has 16 heteroatoms. The maximum absolute atomic E-state index is 11.8. The summed E-state index contributed by atoms with van der Waals surface area (Å²) in [6.07, 6.45) is -0.839. The van der Waals surface area contributed by atoms with E-state index < -0.39 is 48.1 Å². The molecule has 0 aliphatic carbocycles. The largest absolute Gasteiger partial charge is 0.488 e. The molecular weight excluding hydrogens is 441 g/mol. The van der Waals surface area contributed by atoms with Gasteiger partial charge in [0.05, 0.1) is 20.6 Å². The fourth-order valence-corrected chi connectivity index (χ4v) is 4.92. The maximum Gasteiger partial charge on any atom is 0.488 e. The van der Waals surface area contributed by atoms with Gasteiger partial charge in [0.2, 0.25) is 0 Å². The second-order valence-corrected chi connectivity index (χ2v) is 9.04. The third-order valence-corrected chi connectivity index (χ3v) is 6.34. The van der Waals surface area contributed by atoms with E-state index in [2.05, 4.69) is 8.62 Å². The van der Waals surface area contributed by atoms with Gasteiger partial charge in [-0.2, -0.15) is 4.31 Å². The Balaban J connectivity index is 0.00000441. The molecule has 3 radical (unpaired) electrons. The Kier molecular flexibility index (Phi) is 9.38. The molecule has 11 nitrogen and oxygen atoms in total. The molecular formula is C6H13BO11P3Y-. The summed E-state index contributed by atoms with van der Waals surface area (Å²) in [5.41, 5.74) is 0. The first-order chi connectivity index (χ1) is 9.30. The number of aliphatic hydroxyl groups excluding tert-OH is 1. The van der Waals surface area contributed by atoms with Crippen molar-refractivity contribution in [2.45, 2.75) is 18.2 Å². The van der Waals surface area contributed by atoms with Crippen molar-refractivity contribution in [3.8, 4) is 0 Å². The van der Waals surface area contributed by atoms with Gasteiger partial charge in [0.1, 0.15) is 0 Å². The molecule has 0 amide bonds. The number of aliphatic hydroxyl groups is 1. The quantitative estimate of drug-likeness (QED) is 0.223. The number of hydrogen-bond acceptors (Lipinski definition) is 8. The molecule has 0 saturated carbocycles.